The third-order valence-electron chi connectivity index (χ3n) is 9.17. The van der Waals surface area contributed by atoms with Crippen LogP contribution in [-0.2, 0) is 0 Å². The molecular formula is C45H30N4O. The highest BCUT2D eigenvalue weighted by Gasteiger charge is 2.19. The maximum Gasteiger partial charge on any atom is 0.161 e. The average Bonchev–Trinajstić information content (AvgIpc) is 3.71. The summed E-state index contributed by atoms with van der Waals surface area (Å²) in [6, 6.07) is 57.3. The fraction of sp³-hybridized carbons (Fsp3) is 0. The molecule has 236 valence electrons. The van der Waals surface area contributed by atoms with Crippen LogP contribution in [0.4, 0.5) is 0 Å². The van der Waals surface area contributed by atoms with E-state index in [2.05, 4.69) is 83.4 Å². The number of aliphatic imine (C=N–C) groups is 2. The van der Waals surface area contributed by atoms with Crippen LogP contribution >= 0.6 is 0 Å². The second-order valence-corrected chi connectivity index (χ2v) is 12.2. The summed E-state index contributed by atoms with van der Waals surface area (Å²) >= 11 is 0. The van der Waals surface area contributed by atoms with Crippen molar-refractivity contribution in [3.05, 3.63) is 187 Å². The van der Waals surface area contributed by atoms with Crippen molar-refractivity contribution in [3.63, 3.8) is 0 Å². The molecule has 0 atom stereocenters. The molecule has 5 nitrogen and oxygen atoms in total. The van der Waals surface area contributed by atoms with Crippen LogP contribution in [0.2, 0.25) is 0 Å². The first-order valence-corrected chi connectivity index (χ1v) is 16.6. The zero-order valence-corrected chi connectivity index (χ0v) is 27.0. The summed E-state index contributed by atoms with van der Waals surface area (Å²) < 4.78 is 8.54. The molecule has 0 saturated carbocycles. The quantitative estimate of drug-likeness (QED) is 0.147. The van der Waals surface area contributed by atoms with Gasteiger partial charge < -0.3 is 8.98 Å². The van der Waals surface area contributed by atoms with E-state index in [1.54, 1.807) is 0 Å². The van der Waals surface area contributed by atoms with Crippen LogP contribution in [-0.4, -0.2) is 22.5 Å². The zero-order chi connectivity index (χ0) is 33.4. The number of hydrogen-bond acceptors (Lipinski definition) is 2. The molecule has 0 spiro atoms. The van der Waals surface area contributed by atoms with Gasteiger partial charge >= 0.3 is 0 Å². The van der Waals surface area contributed by atoms with Gasteiger partial charge in [0, 0.05) is 45.0 Å². The number of aromatic nitrogens is 1. The topological polar surface area (TPSA) is 66.6 Å². The summed E-state index contributed by atoms with van der Waals surface area (Å²) in [5, 5.41) is 13.8. The Morgan fingerprint density at radius 1 is 0.540 bits per heavy atom. The predicted octanol–water partition coefficient (Wildman–Crippen LogP) is 11.2. The van der Waals surface area contributed by atoms with Crippen molar-refractivity contribution < 1.29 is 4.42 Å². The molecule has 2 aromatic heterocycles. The number of amidine groups is 2. The minimum Gasteiger partial charge on any atom is -0.456 e. The van der Waals surface area contributed by atoms with Gasteiger partial charge in [-0.05, 0) is 47.0 Å². The van der Waals surface area contributed by atoms with E-state index in [1.165, 1.54) is 5.56 Å². The van der Waals surface area contributed by atoms with Crippen LogP contribution in [0.3, 0.4) is 0 Å². The standard InChI is InChI=1S/C45H30N4O/c46-44(48-45(33-15-5-2-6-16-33)47-29-30-23-25-32(26-24-30)31-13-3-1-4-14-31)36-19-8-11-21-40(36)49-39-20-10-7-17-34(39)37-27-38-35-18-9-12-22-42(35)50-43(38)28-41(37)49/h1-29,46H. The highest BCUT2D eigenvalue weighted by atomic mass is 16.3. The van der Waals surface area contributed by atoms with E-state index in [4.69, 9.17) is 14.4 Å². The average molecular weight is 643 g/mol. The monoisotopic (exact) mass is 642 g/mol. The fourth-order valence-electron chi connectivity index (χ4n) is 6.77. The van der Waals surface area contributed by atoms with Crippen molar-refractivity contribution in [1.29, 1.82) is 5.41 Å². The Hall–Kier alpha value is -6.85. The van der Waals surface area contributed by atoms with Crippen LogP contribution in [0, 0.1) is 5.41 Å². The second-order valence-electron chi connectivity index (χ2n) is 12.2. The van der Waals surface area contributed by atoms with Gasteiger partial charge in [0.05, 0.1) is 16.7 Å². The van der Waals surface area contributed by atoms with Crippen molar-refractivity contribution in [2.24, 2.45) is 9.98 Å². The first-order valence-electron chi connectivity index (χ1n) is 16.6. The number of fused-ring (bicyclic) bond motifs is 6. The molecule has 9 aromatic rings. The largest absolute Gasteiger partial charge is 0.456 e. The Morgan fingerprint density at radius 3 is 2.02 bits per heavy atom. The zero-order valence-electron chi connectivity index (χ0n) is 27.0. The Morgan fingerprint density at radius 2 is 1.20 bits per heavy atom. The van der Waals surface area contributed by atoms with Gasteiger partial charge in [-0.15, -0.1) is 0 Å². The van der Waals surface area contributed by atoms with E-state index in [9.17, 15) is 5.41 Å². The van der Waals surface area contributed by atoms with Gasteiger partial charge in [0.1, 0.15) is 11.2 Å². The number of para-hydroxylation sites is 3. The van der Waals surface area contributed by atoms with E-state index in [-0.39, 0.29) is 5.84 Å². The molecular weight excluding hydrogens is 613 g/mol. The van der Waals surface area contributed by atoms with E-state index >= 15 is 0 Å². The summed E-state index contributed by atoms with van der Waals surface area (Å²) in [6.07, 6.45) is 1.81. The molecule has 0 amide bonds. The van der Waals surface area contributed by atoms with Gasteiger partial charge in [-0.25, -0.2) is 9.98 Å². The number of nitrogens with zero attached hydrogens (tertiary/aromatic N) is 3. The molecule has 1 N–H and O–H groups in total. The molecule has 50 heavy (non-hydrogen) atoms. The first-order chi connectivity index (χ1) is 24.7. The molecule has 0 aliphatic heterocycles. The van der Waals surface area contributed by atoms with Gasteiger partial charge in [0.15, 0.2) is 11.7 Å². The van der Waals surface area contributed by atoms with Crippen molar-refractivity contribution >= 4 is 61.6 Å². The number of nitrogens with one attached hydrogen (secondary N) is 1. The SMILES string of the molecule is N=C(N=C(N=Cc1ccc(-c2ccccc2)cc1)c1ccccc1)c1ccccc1-n1c2ccccc2c2cc3c(cc21)oc1ccccc13. The Kier molecular flexibility index (Phi) is 7.21. The van der Waals surface area contributed by atoms with Crippen molar-refractivity contribution in [3.8, 4) is 16.8 Å². The van der Waals surface area contributed by atoms with Crippen molar-refractivity contribution in [1.82, 2.24) is 4.57 Å². The van der Waals surface area contributed by atoms with Crippen LogP contribution in [0.1, 0.15) is 16.7 Å². The number of rotatable bonds is 5. The molecule has 0 bridgehead atoms. The maximum atomic E-state index is 9.39. The Balaban J connectivity index is 1.15. The van der Waals surface area contributed by atoms with Gasteiger partial charge in [0.25, 0.3) is 0 Å². The highest BCUT2D eigenvalue weighted by molar-refractivity contribution is 6.19. The number of benzene rings is 7. The Labute approximate surface area is 288 Å². The molecule has 0 aliphatic rings. The molecule has 0 radical (unpaired) electrons. The van der Waals surface area contributed by atoms with Crippen LogP contribution in [0.25, 0.3) is 60.6 Å². The van der Waals surface area contributed by atoms with Crippen LogP contribution in [0.5, 0.6) is 0 Å². The fourth-order valence-corrected chi connectivity index (χ4v) is 6.77. The summed E-state index contributed by atoms with van der Waals surface area (Å²) in [4.78, 5) is 9.72. The lowest BCUT2D eigenvalue weighted by Gasteiger charge is -2.13. The lowest BCUT2D eigenvalue weighted by Crippen LogP contribution is -2.08. The highest BCUT2D eigenvalue weighted by Crippen LogP contribution is 2.38. The molecule has 2 heterocycles. The maximum absolute atomic E-state index is 9.39. The van der Waals surface area contributed by atoms with E-state index < -0.39 is 0 Å². The third-order valence-corrected chi connectivity index (χ3v) is 9.17. The molecule has 0 aliphatic carbocycles. The predicted molar refractivity (Wildman–Crippen MR) is 207 cm³/mol. The van der Waals surface area contributed by atoms with Crippen molar-refractivity contribution in [2.75, 3.05) is 0 Å². The van der Waals surface area contributed by atoms with E-state index in [0.717, 1.165) is 66.1 Å². The first kappa shape index (κ1) is 29.3. The van der Waals surface area contributed by atoms with Gasteiger partial charge in [-0.1, -0.05) is 133 Å². The molecule has 0 fully saturated rings. The van der Waals surface area contributed by atoms with Crippen molar-refractivity contribution in [2.45, 2.75) is 0 Å². The van der Waals surface area contributed by atoms with E-state index in [1.807, 2.05) is 97.2 Å². The molecule has 0 unspecified atom stereocenters. The number of hydrogen-bond donors (Lipinski definition) is 1. The van der Waals surface area contributed by atoms with Gasteiger partial charge in [0.2, 0.25) is 0 Å². The third kappa shape index (κ3) is 5.18. The molecule has 9 rings (SSSR count). The summed E-state index contributed by atoms with van der Waals surface area (Å²) in [7, 11) is 0. The molecule has 5 heteroatoms. The Bertz CT molecular complexity index is 2750. The summed E-state index contributed by atoms with van der Waals surface area (Å²) in [5.41, 5.74) is 9.37. The minimum atomic E-state index is 0.117. The van der Waals surface area contributed by atoms with Gasteiger partial charge in [-0.3, -0.25) is 5.41 Å². The van der Waals surface area contributed by atoms with Gasteiger partial charge in [-0.2, -0.15) is 0 Å². The van der Waals surface area contributed by atoms with Crippen LogP contribution in [0.15, 0.2) is 184 Å². The van der Waals surface area contributed by atoms with Crippen LogP contribution < -0.4 is 0 Å². The normalized spacial score (nSPS) is 12.1. The second kappa shape index (κ2) is 12.3. The summed E-state index contributed by atoms with van der Waals surface area (Å²) in [5.74, 6) is 0.579. The summed E-state index contributed by atoms with van der Waals surface area (Å²) in [6.45, 7) is 0. The molecule has 0 saturated heterocycles. The number of furan rings is 1. The smallest absolute Gasteiger partial charge is 0.161 e. The van der Waals surface area contributed by atoms with E-state index in [0.29, 0.717) is 11.4 Å². The lowest BCUT2D eigenvalue weighted by molar-refractivity contribution is 0.669. The lowest BCUT2D eigenvalue weighted by atomic mass is 10.0. The molecule has 7 aromatic carbocycles. The minimum absolute atomic E-state index is 0.117.